The van der Waals surface area contributed by atoms with Crippen molar-refractivity contribution >= 4 is 17.5 Å². The van der Waals surface area contributed by atoms with Crippen LogP contribution >= 0.6 is 0 Å². The molecule has 0 radical (unpaired) electrons. The number of rotatable bonds is 3. The van der Waals surface area contributed by atoms with Crippen LogP contribution in [0.5, 0.6) is 0 Å². The van der Waals surface area contributed by atoms with Crippen molar-refractivity contribution in [3.8, 4) is 0 Å². The Morgan fingerprint density at radius 3 is 2.91 bits per heavy atom. The van der Waals surface area contributed by atoms with Crippen molar-refractivity contribution in [2.45, 2.75) is 26.2 Å². The number of aryl methyl sites for hydroxylation is 1. The Kier molecular flexibility index (Phi) is 3.54. The Bertz CT molecular complexity index is 774. The molecule has 114 valence electrons. The number of anilines is 1. The minimum Gasteiger partial charge on any atom is -0.409 e. The smallest absolute Gasteiger partial charge is 0.221 e. The van der Waals surface area contributed by atoms with E-state index < -0.39 is 0 Å². The molecule has 7 nitrogen and oxygen atoms in total. The maximum absolute atomic E-state index is 8.89. The summed E-state index contributed by atoms with van der Waals surface area (Å²) in [5.41, 5.74) is 16.3. The van der Waals surface area contributed by atoms with Crippen molar-refractivity contribution in [3.05, 3.63) is 46.8 Å². The molecule has 0 atom stereocenters. The molecule has 1 aliphatic carbocycles. The first-order valence-electron chi connectivity index (χ1n) is 7.15. The zero-order valence-electron chi connectivity index (χ0n) is 12.3. The molecule has 7 heteroatoms. The normalized spacial score (nSPS) is 16.2. The van der Waals surface area contributed by atoms with Crippen LogP contribution in [0.15, 0.2) is 34.7 Å². The molecule has 0 saturated heterocycles. The van der Waals surface area contributed by atoms with Crippen LogP contribution in [0.3, 0.4) is 0 Å². The van der Waals surface area contributed by atoms with Crippen LogP contribution in [0.4, 0.5) is 5.95 Å². The van der Waals surface area contributed by atoms with Gasteiger partial charge in [-0.3, -0.25) is 0 Å². The minimum atomic E-state index is 0.119. The highest BCUT2D eigenvalue weighted by atomic mass is 16.4. The first-order chi connectivity index (χ1) is 10.6. The second-order valence-electron chi connectivity index (χ2n) is 5.15. The lowest BCUT2D eigenvalue weighted by atomic mass is 10.0. The number of aromatic nitrogens is 2. The third-order valence-corrected chi connectivity index (χ3v) is 3.84. The molecule has 2 aromatic rings. The van der Waals surface area contributed by atoms with Crippen LogP contribution in [0, 0.1) is 0 Å². The van der Waals surface area contributed by atoms with Crippen molar-refractivity contribution in [2.75, 3.05) is 5.73 Å². The van der Waals surface area contributed by atoms with Gasteiger partial charge in [0.1, 0.15) is 0 Å². The monoisotopic (exact) mass is 298 g/mol. The third kappa shape index (κ3) is 2.30. The lowest BCUT2D eigenvalue weighted by molar-refractivity contribution is 0.318. The summed E-state index contributed by atoms with van der Waals surface area (Å²) >= 11 is 0. The number of benzene rings is 1. The van der Waals surface area contributed by atoms with Gasteiger partial charge in [-0.15, -0.1) is 0 Å². The van der Waals surface area contributed by atoms with Crippen molar-refractivity contribution in [2.24, 2.45) is 16.0 Å². The molecule has 0 aliphatic heterocycles. The van der Waals surface area contributed by atoms with Crippen LogP contribution in [-0.4, -0.2) is 26.4 Å². The fourth-order valence-electron chi connectivity index (χ4n) is 2.72. The highest BCUT2D eigenvalue weighted by Crippen LogP contribution is 2.26. The molecule has 3 rings (SSSR count). The second-order valence-corrected chi connectivity index (χ2v) is 5.15. The number of amidine groups is 1. The van der Waals surface area contributed by atoms with E-state index in [2.05, 4.69) is 15.2 Å². The van der Waals surface area contributed by atoms with Gasteiger partial charge in [0.2, 0.25) is 5.95 Å². The minimum absolute atomic E-state index is 0.119. The summed E-state index contributed by atoms with van der Waals surface area (Å²) < 4.78 is 1.61. The van der Waals surface area contributed by atoms with Gasteiger partial charge in [0.15, 0.2) is 5.84 Å². The van der Waals surface area contributed by atoms with E-state index in [-0.39, 0.29) is 5.84 Å². The molecule has 1 heterocycles. The van der Waals surface area contributed by atoms with Crippen molar-refractivity contribution < 1.29 is 5.21 Å². The third-order valence-electron chi connectivity index (χ3n) is 3.84. The van der Waals surface area contributed by atoms with Crippen LogP contribution in [0.1, 0.15) is 35.7 Å². The lowest BCUT2D eigenvalue weighted by Gasteiger charge is -2.06. The van der Waals surface area contributed by atoms with Gasteiger partial charge >= 0.3 is 0 Å². The Hall–Kier alpha value is -2.83. The van der Waals surface area contributed by atoms with Crippen LogP contribution < -0.4 is 11.5 Å². The van der Waals surface area contributed by atoms with Crippen molar-refractivity contribution in [3.63, 3.8) is 0 Å². The molecule has 0 fully saturated rings. The zero-order valence-corrected chi connectivity index (χ0v) is 12.3. The molecule has 5 N–H and O–H groups in total. The molecule has 1 aromatic carbocycles. The number of oxime groups is 1. The molecule has 0 amide bonds. The average molecular weight is 298 g/mol. The Morgan fingerprint density at radius 1 is 1.41 bits per heavy atom. The number of nitrogen functional groups attached to an aromatic ring is 1. The van der Waals surface area contributed by atoms with Crippen LogP contribution in [0.2, 0.25) is 0 Å². The second kappa shape index (κ2) is 5.51. The highest BCUT2D eigenvalue weighted by Gasteiger charge is 2.22. The van der Waals surface area contributed by atoms with E-state index in [0.29, 0.717) is 5.95 Å². The average Bonchev–Trinajstić information content (AvgIpc) is 3.11. The summed E-state index contributed by atoms with van der Waals surface area (Å²) in [7, 11) is 0. The van der Waals surface area contributed by atoms with Gasteiger partial charge in [0.05, 0.1) is 17.6 Å². The molecular formula is C15H18N6O. The Morgan fingerprint density at radius 2 is 2.23 bits per heavy atom. The number of hydrogen-bond donors (Lipinski definition) is 3. The van der Waals surface area contributed by atoms with Gasteiger partial charge in [0.25, 0.3) is 0 Å². The zero-order chi connectivity index (χ0) is 15.7. The Labute approximate surface area is 127 Å². The number of imidazole rings is 1. The summed E-state index contributed by atoms with van der Waals surface area (Å²) in [6.45, 7) is 2.02. The standard InChI is InChI=1S/C15H18N6O/c1-2-9-8-21(15(17)18-9)19-13-7-6-10-11(13)4-3-5-12(10)14(16)20-22/h3-5,8,22H,2,6-7H2,1H3,(H2,16,20)(H2,17,18)/b19-13+. The predicted molar refractivity (Wildman–Crippen MR) is 85.2 cm³/mol. The van der Waals surface area contributed by atoms with E-state index in [4.69, 9.17) is 16.7 Å². The number of nitrogens with zero attached hydrogens (tertiary/aromatic N) is 4. The summed E-state index contributed by atoms with van der Waals surface area (Å²) in [6.07, 6.45) is 4.24. The summed E-state index contributed by atoms with van der Waals surface area (Å²) in [5.74, 6) is 0.499. The lowest BCUT2D eigenvalue weighted by Crippen LogP contribution is -2.15. The van der Waals surface area contributed by atoms with Gasteiger partial charge in [-0.1, -0.05) is 30.3 Å². The van der Waals surface area contributed by atoms with E-state index in [1.165, 1.54) is 0 Å². The molecular weight excluding hydrogens is 280 g/mol. The highest BCUT2D eigenvalue weighted by molar-refractivity contribution is 6.08. The van der Waals surface area contributed by atoms with E-state index in [0.717, 1.165) is 47.4 Å². The fourth-order valence-corrected chi connectivity index (χ4v) is 2.72. The van der Waals surface area contributed by atoms with Crippen LogP contribution in [0.25, 0.3) is 0 Å². The van der Waals surface area contributed by atoms with Gasteiger partial charge in [0, 0.05) is 11.1 Å². The number of hydrogen-bond acceptors (Lipinski definition) is 5. The molecule has 0 saturated carbocycles. The summed E-state index contributed by atoms with van der Waals surface area (Å²) in [5, 5.41) is 16.6. The van der Waals surface area contributed by atoms with Gasteiger partial charge in [-0.05, 0) is 24.8 Å². The van der Waals surface area contributed by atoms with E-state index >= 15 is 0 Å². The maximum atomic E-state index is 8.89. The Balaban J connectivity index is 2.04. The van der Waals surface area contributed by atoms with Gasteiger partial charge < -0.3 is 16.7 Å². The molecule has 22 heavy (non-hydrogen) atoms. The number of nitrogens with two attached hydrogens (primary N) is 2. The summed E-state index contributed by atoms with van der Waals surface area (Å²) in [4.78, 5) is 4.25. The van der Waals surface area contributed by atoms with E-state index in [1.807, 2.05) is 31.3 Å². The molecule has 0 bridgehead atoms. The van der Waals surface area contributed by atoms with Crippen LogP contribution in [-0.2, 0) is 12.8 Å². The van der Waals surface area contributed by atoms with Gasteiger partial charge in [-0.2, -0.15) is 5.10 Å². The van der Waals surface area contributed by atoms with Crippen molar-refractivity contribution in [1.29, 1.82) is 0 Å². The predicted octanol–water partition coefficient (Wildman–Crippen LogP) is 1.32. The quantitative estimate of drug-likeness (QED) is 0.343. The fraction of sp³-hybridized carbons (Fsp3) is 0.267. The molecule has 0 spiro atoms. The maximum Gasteiger partial charge on any atom is 0.221 e. The van der Waals surface area contributed by atoms with E-state index in [1.54, 1.807) is 4.68 Å². The van der Waals surface area contributed by atoms with Gasteiger partial charge in [-0.25, -0.2) is 9.66 Å². The number of fused-ring (bicyclic) bond motifs is 1. The topological polar surface area (TPSA) is 115 Å². The molecule has 0 unspecified atom stereocenters. The largest absolute Gasteiger partial charge is 0.409 e. The van der Waals surface area contributed by atoms with Crippen molar-refractivity contribution in [1.82, 2.24) is 9.66 Å². The summed E-state index contributed by atoms with van der Waals surface area (Å²) in [6, 6.07) is 5.71. The molecule has 1 aliphatic rings. The molecule has 1 aromatic heterocycles. The SMILES string of the molecule is CCc1cn(/N=C2\CCc3c(C(N)=NO)cccc32)c(N)n1. The van der Waals surface area contributed by atoms with E-state index in [9.17, 15) is 0 Å². The first-order valence-corrected chi connectivity index (χ1v) is 7.15. The first kappa shape index (κ1) is 14.1.